The van der Waals surface area contributed by atoms with Gasteiger partial charge in [0.2, 0.25) is 0 Å². The Morgan fingerprint density at radius 3 is 2.08 bits per heavy atom. The lowest BCUT2D eigenvalue weighted by atomic mass is 9.90. The maximum atomic E-state index is 11.9. The van der Waals surface area contributed by atoms with E-state index in [4.69, 9.17) is 9.47 Å². The number of carbonyl (C=O) groups is 1. The molecule has 1 aliphatic carbocycles. The second-order valence-electron chi connectivity index (χ2n) is 6.08. The molecule has 0 bridgehead atoms. The predicted molar refractivity (Wildman–Crippen MR) is 103 cm³/mol. The summed E-state index contributed by atoms with van der Waals surface area (Å²) in [6.45, 7) is 3.51. The summed E-state index contributed by atoms with van der Waals surface area (Å²) in [4.78, 5) is 11.9. The molecule has 26 heavy (non-hydrogen) atoms. The van der Waals surface area contributed by atoms with Gasteiger partial charge in [-0.3, -0.25) is 0 Å². The standard InChI is InChI=1S/C23H18O3/c1-2-21(24)26-23-19-14-8-6-12-17(19)22(18-13-7-9-15-20(18)23)25-16-10-4-3-5-11-16/h2-12,14H,1,13,15H2. The van der Waals surface area contributed by atoms with Crippen molar-refractivity contribution < 1.29 is 14.3 Å². The number of benzene rings is 3. The van der Waals surface area contributed by atoms with Gasteiger partial charge >= 0.3 is 5.97 Å². The molecule has 1 aliphatic rings. The second kappa shape index (κ2) is 6.89. The highest BCUT2D eigenvalue weighted by atomic mass is 16.5. The molecule has 0 heterocycles. The highest BCUT2D eigenvalue weighted by molar-refractivity contribution is 5.98. The quantitative estimate of drug-likeness (QED) is 0.276. The first-order valence-corrected chi connectivity index (χ1v) is 8.56. The van der Waals surface area contributed by atoms with E-state index in [2.05, 4.69) is 18.7 Å². The SMILES string of the molecule is C=CC(=O)Oc1c2c(c(Oc3ccccc3)c3ccccc13)CC=CC2. The summed E-state index contributed by atoms with van der Waals surface area (Å²) in [5.41, 5.74) is 2.05. The normalized spacial score (nSPS) is 12.5. The highest BCUT2D eigenvalue weighted by Gasteiger charge is 2.23. The minimum atomic E-state index is -0.455. The maximum absolute atomic E-state index is 11.9. The largest absolute Gasteiger partial charge is 0.456 e. The smallest absolute Gasteiger partial charge is 0.335 e. The van der Waals surface area contributed by atoms with Crippen LogP contribution in [0.4, 0.5) is 0 Å². The molecule has 0 aromatic heterocycles. The van der Waals surface area contributed by atoms with Crippen LogP contribution in [0.15, 0.2) is 79.4 Å². The van der Waals surface area contributed by atoms with Gasteiger partial charge in [-0.05, 0) is 25.0 Å². The van der Waals surface area contributed by atoms with E-state index >= 15 is 0 Å². The first kappa shape index (κ1) is 16.2. The van der Waals surface area contributed by atoms with E-state index in [0.29, 0.717) is 12.2 Å². The lowest BCUT2D eigenvalue weighted by molar-refractivity contribution is -0.128. The fraction of sp³-hybridized carbons (Fsp3) is 0.0870. The number of carbonyl (C=O) groups excluding carboxylic acids is 1. The van der Waals surface area contributed by atoms with Crippen molar-refractivity contribution in [2.24, 2.45) is 0 Å². The van der Waals surface area contributed by atoms with Crippen molar-refractivity contribution in [3.63, 3.8) is 0 Å². The van der Waals surface area contributed by atoms with Crippen LogP contribution in [0.1, 0.15) is 11.1 Å². The summed E-state index contributed by atoms with van der Waals surface area (Å²) in [5.74, 6) is 1.75. The first-order chi connectivity index (χ1) is 12.8. The van der Waals surface area contributed by atoms with Crippen molar-refractivity contribution >= 4 is 16.7 Å². The van der Waals surface area contributed by atoms with Gasteiger partial charge in [-0.15, -0.1) is 0 Å². The van der Waals surface area contributed by atoms with E-state index < -0.39 is 5.97 Å². The molecule has 0 amide bonds. The Kier molecular flexibility index (Phi) is 4.28. The lowest BCUT2D eigenvalue weighted by Gasteiger charge is -2.22. The third-order valence-electron chi connectivity index (χ3n) is 4.47. The van der Waals surface area contributed by atoms with Crippen LogP contribution < -0.4 is 9.47 Å². The summed E-state index contributed by atoms with van der Waals surface area (Å²) >= 11 is 0. The summed E-state index contributed by atoms with van der Waals surface area (Å²) in [7, 11) is 0. The van der Waals surface area contributed by atoms with Crippen LogP contribution in [0.25, 0.3) is 10.8 Å². The molecule has 4 rings (SSSR count). The van der Waals surface area contributed by atoms with Crippen LogP contribution in [0.2, 0.25) is 0 Å². The Labute approximate surface area is 152 Å². The van der Waals surface area contributed by atoms with Crippen LogP contribution in [0.5, 0.6) is 17.2 Å². The van der Waals surface area contributed by atoms with Crippen LogP contribution in [0.3, 0.4) is 0 Å². The molecule has 3 heteroatoms. The van der Waals surface area contributed by atoms with Crippen LogP contribution in [0, 0.1) is 0 Å². The average molecular weight is 342 g/mol. The summed E-state index contributed by atoms with van der Waals surface area (Å²) in [6.07, 6.45) is 6.84. The van der Waals surface area contributed by atoms with Gasteiger partial charge in [0.25, 0.3) is 0 Å². The van der Waals surface area contributed by atoms with Crippen molar-refractivity contribution in [2.45, 2.75) is 12.8 Å². The van der Waals surface area contributed by atoms with Gasteiger partial charge in [0.05, 0.1) is 0 Å². The fourth-order valence-electron chi connectivity index (χ4n) is 3.29. The fourth-order valence-corrected chi connectivity index (χ4v) is 3.29. The van der Waals surface area contributed by atoms with Crippen molar-refractivity contribution in [3.05, 3.63) is 90.5 Å². The molecule has 0 radical (unpaired) electrons. The van der Waals surface area contributed by atoms with E-state index in [1.807, 2.05) is 54.6 Å². The Hall–Kier alpha value is -3.33. The Balaban J connectivity index is 1.96. The zero-order chi connectivity index (χ0) is 17.9. The minimum absolute atomic E-state index is 0.455. The van der Waals surface area contributed by atoms with Crippen molar-refractivity contribution in [1.82, 2.24) is 0 Å². The third kappa shape index (κ3) is 2.88. The Bertz CT molecular complexity index is 1020. The third-order valence-corrected chi connectivity index (χ3v) is 4.47. The molecule has 0 unspecified atom stereocenters. The van der Waals surface area contributed by atoms with Crippen LogP contribution in [-0.2, 0) is 17.6 Å². The molecule has 0 saturated heterocycles. The number of allylic oxidation sites excluding steroid dienone is 2. The van der Waals surface area contributed by atoms with Gasteiger partial charge in [0.15, 0.2) is 0 Å². The van der Waals surface area contributed by atoms with E-state index in [0.717, 1.165) is 39.8 Å². The van der Waals surface area contributed by atoms with Gasteiger partial charge in [-0.25, -0.2) is 4.79 Å². The van der Waals surface area contributed by atoms with E-state index in [1.54, 1.807) is 0 Å². The van der Waals surface area contributed by atoms with Crippen molar-refractivity contribution in [3.8, 4) is 17.2 Å². The monoisotopic (exact) mass is 342 g/mol. The van der Waals surface area contributed by atoms with Gasteiger partial charge in [0.1, 0.15) is 17.2 Å². The molecule has 0 saturated carbocycles. The van der Waals surface area contributed by atoms with E-state index in [-0.39, 0.29) is 0 Å². The molecule has 0 atom stereocenters. The summed E-state index contributed by atoms with van der Waals surface area (Å²) in [6, 6.07) is 17.6. The molecular formula is C23H18O3. The topological polar surface area (TPSA) is 35.5 Å². The first-order valence-electron chi connectivity index (χ1n) is 8.56. The zero-order valence-electron chi connectivity index (χ0n) is 14.3. The second-order valence-corrected chi connectivity index (χ2v) is 6.08. The molecule has 3 aromatic rings. The maximum Gasteiger partial charge on any atom is 0.335 e. The number of ether oxygens (including phenoxy) is 2. The van der Waals surface area contributed by atoms with E-state index in [1.165, 1.54) is 6.08 Å². The molecule has 3 aromatic carbocycles. The lowest BCUT2D eigenvalue weighted by Crippen LogP contribution is -2.10. The number of rotatable bonds is 4. The number of hydrogen-bond donors (Lipinski definition) is 0. The number of hydrogen-bond acceptors (Lipinski definition) is 3. The number of fused-ring (bicyclic) bond motifs is 2. The van der Waals surface area contributed by atoms with Gasteiger partial charge in [-0.2, -0.15) is 0 Å². The van der Waals surface area contributed by atoms with Crippen molar-refractivity contribution in [2.75, 3.05) is 0 Å². The zero-order valence-corrected chi connectivity index (χ0v) is 14.3. The average Bonchev–Trinajstić information content (AvgIpc) is 2.71. The predicted octanol–water partition coefficient (Wildman–Crippen LogP) is 5.38. The number of para-hydroxylation sites is 1. The van der Waals surface area contributed by atoms with Crippen LogP contribution in [-0.4, -0.2) is 5.97 Å². The minimum Gasteiger partial charge on any atom is -0.456 e. The van der Waals surface area contributed by atoms with Crippen LogP contribution >= 0.6 is 0 Å². The highest BCUT2D eigenvalue weighted by Crippen LogP contribution is 2.44. The molecule has 0 aliphatic heterocycles. The molecule has 0 spiro atoms. The molecule has 128 valence electrons. The summed E-state index contributed by atoms with van der Waals surface area (Å²) in [5, 5.41) is 1.79. The number of esters is 1. The molecular weight excluding hydrogens is 324 g/mol. The van der Waals surface area contributed by atoms with Gasteiger partial charge in [0, 0.05) is 28.0 Å². The Morgan fingerprint density at radius 1 is 0.846 bits per heavy atom. The Morgan fingerprint density at radius 2 is 1.42 bits per heavy atom. The molecule has 0 N–H and O–H groups in total. The van der Waals surface area contributed by atoms with Crippen molar-refractivity contribution in [1.29, 1.82) is 0 Å². The summed E-state index contributed by atoms with van der Waals surface area (Å²) < 4.78 is 11.9. The van der Waals surface area contributed by atoms with Gasteiger partial charge < -0.3 is 9.47 Å². The molecule has 3 nitrogen and oxygen atoms in total. The van der Waals surface area contributed by atoms with Gasteiger partial charge in [-0.1, -0.05) is 61.2 Å². The molecule has 0 fully saturated rings. The van der Waals surface area contributed by atoms with E-state index in [9.17, 15) is 4.79 Å².